The minimum atomic E-state index is 0.285. The zero-order chi connectivity index (χ0) is 14.3. The Hall–Kier alpha value is -1.22. The summed E-state index contributed by atoms with van der Waals surface area (Å²) in [7, 11) is 3.37. The van der Waals surface area contributed by atoms with Gasteiger partial charge in [0.25, 0.3) is 0 Å². The van der Waals surface area contributed by atoms with E-state index in [1.807, 2.05) is 12.1 Å². The van der Waals surface area contributed by atoms with Crippen molar-refractivity contribution in [3.8, 4) is 11.5 Å². The highest BCUT2D eigenvalue weighted by Crippen LogP contribution is 2.29. The van der Waals surface area contributed by atoms with Crippen molar-refractivity contribution < 1.29 is 9.47 Å². The molecule has 1 unspecified atom stereocenters. The van der Waals surface area contributed by atoms with E-state index in [-0.39, 0.29) is 6.04 Å². The van der Waals surface area contributed by atoms with E-state index in [0.717, 1.165) is 24.0 Å². The van der Waals surface area contributed by atoms with Crippen molar-refractivity contribution in [2.24, 2.45) is 5.92 Å². The van der Waals surface area contributed by atoms with Gasteiger partial charge in [0.2, 0.25) is 0 Å². The molecule has 1 N–H and O–H groups in total. The molecule has 3 nitrogen and oxygen atoms in total. The van der Waals surface area contributed by atoms with Crippen LogP contribution in [0.5, 0.6) is 11.5 Å². The van der Waals surface area contributed by atoms with Crippen LogP contribution in [0, 0.1) is 5.92 Å². The predicted octanol–water partition coefficient (Wildman–Crippen LogP) is 3.79. The van der Waals surface area contributed by atoms with Crippen LogP contribution in [0.3, 0.4) is 0 Å². The molecule has 1 aromatic carbocycles. The molecule has 0 aliphatic carbocycles. The second-order valence-electron chi connectivity index (χ2n) is 5.32. The fraction of sp³-hybridized carbons (Fsp3) is 0.625. The molecule has 0 spiro atoms. The molecule has 19 heavy (non-hydrogen) atoms. The number of benzene rings is 1. The largest absolute Gasteiger partial charge is 0.497 e. The molecule has 1 aromatic rings. The quantitative estimate of drug-likeness (QED) is 0.725. The number of hydrogen-bond donors (Lipinski definition) is 1. The minimum Gasteiger partial charge on any atom is -0.497 e. The van der Waals surface area contributed by atoms with Gasteiger partial charge in [-0.3, -0.25) is 0 Å². The molecule has 0 fully saturated rings. The summed E-state index contributed by atoms with van der Waals surface area (Å²) in [6.45, 7) is 7.72. The second kappa shape index (κ2) is 8.05. The fourth-order valence-electron chi connectivity index (χ4n) is 2.12. The summed E-state index contributed by atoms with van der Waals surface area (Å²) < 4.78 is 10.6. The Bertz CT molecular complexity index is 377. The van der Waals surface area contributed by atoms with Crippen molar-refractivity contribution in [3.05, 3.63) is 23.8 Å². The topological polar surface area (TPSA) is 30.5 Å². The van der Waals surface area contributed by atoms with Crippen LogP contribution in [0.25, 0.3) is 0 Å². The van der Waals surface area contributed by atoms with Gasteiger partial charge >= 0.3 is 0 Å². The van der Waals surface area contributed by atoms with Gasteiger partial charge in [-0.05, 0) is 38.3 Å². The van der Waals surface area contributed by atoms with Gasteiger partial charge in [-0.2, -0.15) is 0 Å². The van der Waals surface area contributed by atoms with Crippen LogP contribution < -0.4 is 14.8 Å². The van der Waals surface area contributed by atoms with Crippen molar-refractivity contribution in [2.75, 3.05) is 20.8 Å². The van der Waals surface area contributed by atoms with Gasteiger partial charge in [-0.15, -0.1) is 0 Å². The predicted molar refractivity (Wildman–Crippen MR) is 80.0 cm³/mol. The highest BCUT2D eigenvalue weighted by Gasteiger charge is 2.11. The molecule has 1 rings (SSSR count). The summed E-state index contributed by atoms with van der Waals surface area (Å²) in [5.74, 6) is 2.48. The Morgan fingerprint density at radius 3 is 2.42 bits per heavy atom. The molecular formula is C16H27NO2. The Morgan fingerprint density at radius 1 is 1.11 bits per heavy atom. The molecule has 1 atom stereocenters. The third kappa shape index (κ3) is 5.11. The lowest BCUT2D eigenvalue weighted by atomic mass is 10.1. The molecule has 0 saturated heterocycles. The summed E-state index contributed by atoms with van der Waals surface area (Å²) >= 11 is 0. The lowest BCUT2D eigenvalue weighted by molar-refractivity contribution is 0.385. The van der Waals surface area contributed by atoms with Gasteiger partial charge in [0.05, 0.1) is 14.2 Å². The highest BCUT2D eigenvalue weighted by atomic mass is 16.5. The number of methoxy groups -OCH3 is 2. The van der Waals surface area contributed by atoms with Gasteiger partial charge < -0.3 is 14.8 Å². The minimum absolute atomic E-state index is 0.285. The van der Waals surface area contributed by atoms with Crippen LogP contribution in [0.1, 0.15) is 45.2 Å². The van der Waals surface area contributed by atoms with E-state index >= 15 is 0 Å². The average molecular weight is 265 g/mol. The fourth-order valence-corrected chi connectivity index (χ4v) is 2.12. The lowest BCUT2D eigenvalue weighted by Crippen LogP contribution is -2.20. The number of nitrogens with one attached hydrogen (secondary N) is 1. The first-order valence-corrected chi connectivity index (χ1v) is 7.03. The zero-order valence-corrected chi connectivity index (χ0v) is 12.8. The highest BCUT2D eigenvalue weighted by molar-refractivity contribution is 5.42. The van der Waals surface area contributed by atoms with E-state index in [2.05, 4.69) is 32.2 Å². The van der Waals surface area contributed by atoms with Crippen LogP contribution in [0.2, 0.25) is 0 Å². The van der Waals surface area contributed by atoms with Crippen molar-refractivity contribution in [1.29, 1.82) is 0 Å². The average Bonchev–Trinajstić information content (AvgIpc) is 2.42. The van der Waals surface area contributed by atoms with Gasteiger partial charge in [0.1, 0.15) is 11.5 Å². The van der Waals surface area contributed by atoms with Crippen LogP contribution in [-0.4, -0.2) is 20.8 Å². The van der Waals surface area contributed by atoms with Gasteiger partial charge in [0, 0.05) is 17.7 Å². The normalized spacial score (nSPS) is 12.5. The smallest absolute Gasteiger partial charge is 0.127 e. The molecule has 108 valence electrons. The van der Waals surface area contributed by atoms with Crippen LogP contribution in [-0.2, 0) is 0 Å². The zero-order valence-electron chi connectivity index (χ0n) is 12.8. The van der Waals surface area contributed by atoms with Gasteiger partial charge in [-0.25, -0.2) is 0 Å². The first-order chi connectivity index (χ1) is 9.08. The monoisotopic (exact) mass is 265 g/mol. The standard InChI is InChI=1S/C16H27NO2/c1-12(2)7-6-10-17-13(3)15-9-8-14(18-4)11-16(15)19-5/h8-9,11-13,17H,6-7,10H2,1-5H3. The van der Waals surface area contributed by atoms with E-state index < -0.39 is 0 Å². The third-order valence-corrected chi connectivity index (χ3v) is 3.32. The van der Waals surface area contributed by atoms with Crippen molar-refractivity contribution >= 4 is 0 Å². The van der Waals surface area contributed by atoms with E-state index in [4.69, 9.17) is 9.47 Å². The Balaban J connectivity index is 2.58. The lowest BCUT2D eigenvalue weighted by Gasteiger charge is -2.18. The van der Waals surface area contributed by atoms with Crippen molar-refractivity contribution in [2.45, 2.75) is 39.7 Å². The summed E-state index contributed by atoms with van der Waals surface area (Å²) in [6.07, 6.45) is 2.47. The number of hydrogen-bond acceptors (Lipinski definition) is 3. The molecule has 0 aromatic heterocycles. The maximum absolute atomic E-state index is 5.43. The number of ether oxygens (including phenoxy) is 2. The molecule has 0 heterocycles. The van der Waals surface area contributed by atoms with E-state index in [0.29, 0.717) is 0 Å². The molecule has 3 heteroatoms. The second-order valence-corrected chi connectivity index (χ2v) is 5.32. The third-order valence-electron chi connectivity index (χ3n) is 3.32. The van der Waals surface area contributed by atoms with Crippen molar-refractivity contribution in [1.82, 2.24) is 5.32 Å². The van der Waals surface area contributed by atoms with E-state index in [1.54, 1.807) is 14.2 Å². The summed E-state index contributed by atoms with van der Waals surface area (Å²) in [5, 5.41) is 3.55. The first-order valence-electron chi connectivity index (χ1n) is 7.03. The SMILES string of the molecule is COc1ccc(C(C)NCCCC(C)C)c(OC)c1. The molecular weight excluding hydrogens is 238 g/mol. The number of rotatable bonds is 8. The van der Waals surface area contributed by atoms with Crippen LogP contribution in [0.4, 0.5) is 0 Å². The van der Waals surface area contributed by atoms with E-state index in [9.17, 15) is 0 Å². The van der Waals surface area contributed by atoms with Crippen LogP contribution >= 0.6 is 0 Å². The summed E-state index contributed by atoms with van der Waals surface area (Å²) in [6, 6.07) is 6.26. The maximum atomic E-state index is 5.43. The van der Waals surface area contributed by atoms with Gasteiger partial charge in [0.15, 0.2) is 0 Å². The first kappa shape index (κ1) is 15.8. The summed E-state index contributed by atoms with van der Waals surface area (Å²) in [4.78, 5) is 0. The van der Waals surface area contributed by atoms with E-state index in [1.165, 1.54) is 18.4 Å². The molecule has 0 radical (unpaired) electrons. The van der Waals surface area contributed by atoms with Gasteiger partial charge in [-0.1, -0.05) is 19.9 Å². The molecule has 0 bridgehead atoms. The Labute approximate surface area is 117 Å². The van der Waals surface area contributed by atoms with Crippen molar-refractivity contribution in [3.63, 3.8) is 0 Å². The molecule has 0 aliphatic heterocycles. The summed E-state index contributed by atoms with van der Waals surface area (Å²) in [5.41, 5.74) is 1.17. The molecule has 0 aliphatic rings. The Kier molecular flexibility index (Phi) is 6.71. The Morgan fingerprint density at radius 2 is 1.84 bits per heavy atom. The molecule has 0 saturated carbocycles. The maximum Gasteiger partial charge on any atom is 0.127 e. The van der Waals surface area contributed by atoms with Crippen LogP contribution in [0.15, 0.2) is 18.2 Å². The molecule has 0 amide bonds.